The molecule has 0 saturated carbocycles. The molecular weight excluding hydrogens is 310 g/mol. The molecule has 0 unspecified atom stereocenters. The largest absolute Gasteiger partial charge is 0.370 e. The van der Waals surface area contributed by atoms with E-state index in [1.165, 1.54) is 4.88 Å². The Labute approximate surface area is 140 Å². The molecule has 2 aromatic rings. The number of carbonyl (C=O) groups is 1. The number of hydrogen-bond acceptors (Lipinski definition) is 5. The van der Waals surface area contributed by atoms with Crippen LogP contribution in [0, 0.1) is 6.92 Å². The monoisotopic (exact) mass is 331 g/mol. The third kappa shape index (κ3) is 4.59. The van der Waals surface area contributed by atoms with Crippen molar-refractivity contribution in [1.29, 1.82) is 0 Å². The van der Waals surface area contributed by atoms with Crippen molar-refractivity contribution in [3.63, 3.8) is 0 Å². The lowest BCUT2D eigenvalue weighted by molar-refractivity contribution is -0.120. The SMILES string of the molecule is Cc1ccc(CC(=O)NCc2cnc([C@H]3CCCCO3)nc2)s1. The second-order valence-electron chi connectivity index (χ2n) is 5.77. The normalized spacial score (nSPS) is 17.9. The Kier molecular flexibility index (Phi) is 5.35. The van der Waals surface area contributed by atoms with E-state index in [1.54, 1.807) is 23.7 Å². The number of hydrogen-bond donors (Lipinski definition) is 1. The standard InChI is InChI=1S/C17H21N3O2S/c1-12-5-6-14(23-12)8-16(21)18-9-13-10-19-17(20-11-13)15-4-2-3-7-22-15/h5-6,10-11,15H,2-4,7-9H2,1H3,(H,18,21)/t15-/m1/s1. The van der Waals surface area contributed by atoms with E-state index in [4.69, 9.17) is 4.74 Å². The highest BCUT2D eigenvalue weighted by atomic mass is 32.1. The molecule has 0 aliphatic carbocycles. The van der Waals surface area contributed by atoms with E-state index in [0.29, 0.717) is 13.0 Å². The van der Waals surface area contributed by atoms with Crippen molar-refractivity contribution in [1.82, 2.24) is 15.3 Å². The number of nitrogens with one attached hydrogen (secondary N) is 1. The first-order valence-electron chi connectivity index (χ1n) is 7.95. The van der Waals surface area contributed by atoms with Gasteiger partial charge in [0.25, 0.3) is 0 Å². The fourth-order valence-electron chi connectivity index (χ4n) is 2.57. The van der Waals surface area contributed by atoms with Gasteiger partial charge < -0.3 is 10.1 Å². The molecule has 1 amide bonds. The molecule has 1 saturated heterocycles. The molecule has 6 heteroatoms. The van der Waals surface area contributed by atoms with Gasteiger partial charge in [-0.3, -0.25) is 4.79 Å². The van der Waals surface area contributed by atoms with Crippen LogP contribution in [-0.2, 0) is 22.5 Å². The number of aromatic nitrogens is 2. The predicted octanol–water partition coefficient (Wildman–Crippen LogP) is 2.95. The van der Waals surface area contributed by atoms with Crippen LogP contribution in [-0.4, -0.2) is 22.5 Å². The van der Waals surface area contributed by atoms with Crippen LogP contribution in [0.1, 0.15) is 46.5 Å². The Morgan fingerprint density at radius 2 is 2.17 bits per heavy atom. The molecule has 1 fully saturated rings. The van der Waals surface area contributed by atoms with Gasteiger partial charge in [-0.2, -0.15) is 0 Å². The average Bonchev–Trinajstić information content (AvgIpc) is 2.99. The van der Waals surface area contributed by atoms with Gasteiger partial charge in [0, 0.05) is 40.9 Å². The second-order valence-corrected chi connectivity index (χ2v) is 7.14. The molecule has 0 aromatic carbocycles. The van der Waals surface area contributed by atoms with Crippen LogP contribution in [0.15, 0.2) is 24.5 Å². The first-order valence-corrected chi connectivity index (χ1v) is 8.77. The number of aryl methyl sites for hydroxylation is 1. The summed E-state index contributed by atoms with van der Waals surface area (Å²) in [4.78, 5) is 23.0. The minimum absolute atomic E-state index is 0.0199. The topological polar surface area (TPSA) is 64.1 Å². The van der Waals surface area contributed by atoms with Crippen molar-refractivity contribution in [2.45, 2.75) is 45.3 Å². The van der Waals surface area contributed by atoms with Crippen molar-refractivity contribution in [2.75, 3.05) is 6.61 Å². The van der Waals surface area contributed by atoms with Crippen molar-refractivity contribution < 1.29 is 9.53 Å². The van der Waals surface area contributed by atoms with E-state index < -0.39 is 0 Å². The Morgan fingerprint density at radius 3 is 2.83 bits per heavy atom. The summed E-state index contributed by atoms with van der Waals surface area (Å²) >= 11 is 1.66. The number of rotatable bonds is 5. The molecule has 3 rings (SSSR count). The maximum atomic E-state index is 11.9. The van der Waals surface area contributed by atoms with Crippen LogP contribution in [0.3, 0.4) is 0 Å². The summed E-state index contributed by atoms with van der Waals surface area (Å²) in [5.41, 5.74) is 0.903. The molecule has 1 N–H and O–H groups in total. The van der Waals surface area contributed by atoms with Crippen LogP contribution < -0.4 is 5.32 Å². The summed E-state index contributed by atoms with van der Waals surface area (Å²) in [5, 5.41) is 2.91. The zero-order valence-electron chi connectivity index (χ0n) is 13.2. The third-order valence-corrected chi connectivity index (χ3v) is 4.81. The van der Waals surface area contributed by atoms with Gasteiger partial charge in [0.05, 0.1) is 6.42 Å². The van der Waals surface area contributed by atoms with Crippen LogP contribution in [0.2, 0.25) is 0 Å². The van der Waals surface area contributed by atoms with Crippen molar-refractivity contribution in [3.8, 4) is 0 Å². The van der Waals surface area contributed by atoms with E-state index in [0.717, 1.165) is 42.1 Å². The third-order valence-electron chi connectivity index (χ3n) is 3.81. The lowest BCUT2D eigenvalue weighted by Crippen LogP contribution is -2.24. The Bertz CT molecular complexity index is 648. The highest BCUT2D eigenvalue weighted by molar-refractivity contribution is 7.12. The molecule has 1 aliphatic rings. The fraction of sp³-hybridized carbons (Fsp3) is 0.471. The van der Waals surface area contributed by atoms with E-state index in [9.17, 15) is 4.79 Å². The van der Waals surface area contributed by atoms with Gasteiger partial charge in [0.2, 0.25) is 5.91 Å². The van der Waals surface area contributed by atoms with Gasteiger partial charge in [-0.1, -0.05) is 0 Å². The maximum absolute atomic E-state index is 11.9. The number of nitrogens with zero attached hydrogens (tertiary/aromatic N) is 2. The van der Waals surface area contributed by atoms with Gasteiger partial charge >= 0.3 is 0 Å². The second kappa shape index (κ2) is 7.66. The first kappa shape index (κ1) is 16.1. The van der Waals surface area contributed by atoms with Crippen LogP contribution in [0.5, 0.6) is 0 Å². The zero-order chi connectivity index (χ0) is 16.1. The predicted molar refractivity (Wildman–Crippen MR) is 89.2 cm³/mol. The molecule has 3 heterocycles. The van der Waals surface area contributed by atoms with Crippen LogP contribution >= 0.6 is 11.3 Å². The lowest BCUT2D eigenvalue weighted by Gasteiger charge is -2.21. The summed E-state index contributed by atoms with van der Waals surface area (Å²) in [7, 11) is 0. The number of amides is 1. The van der Waals surface area contributed by atoms with Crippen molar-refractivity contribution >= 4 is 17.2 Å². The molecule has 0 bridgehead atoms. The van der Waals surface area contributed by atoms with E-state index in [-0.39, 0.29) is 12.0 Å². The molecular formula is C17H21N3O2S. The number of thiophene rings is 1. The molecule has 0 radical (unpaired) electrons. The van der Waals surface area contributed by atoms with E-state index in [1.807, 2.05) is 19.1 Å². The molecule has 23 heavy (non-hydrogen) atoms. The Hall–Kier alpha value is -1.79. The van der Waals surface area contributed by atoms with Gasteiger partial charge in [-0.25, -0.2) is 9.97 Å². The smallest absolute Gasteiger partial charge is 0.225 e. The van der Waals surface area contributed by atoms with Gasteiger partial charge in [-0.15, -0.1) is 11.3 Å². The summed E-state index contributed by atoms with van der Waals surface area (Å²) in [6.07, 6.45) is 7.25. The molecule has 2 aromatic heterocycles. The summed E-state index contributed by atoms with van der Waals surface area (Å²) in [6.45, 7) is 3.28. The maximum Gasteiger partial charge on any atom is 0.225 e. The Balaban J connectivity index is 1.49. The minimum atomic E-state index is 0.0199. The summed E-state index contributed by atoms with van der Waals surface area (Å²) in [6, 6.07) is 4.04. The van der Waals surface area contributed by atoms with Crippen molar-refractivity contribution in [3.05, 3.63) is 45.7 Å². The van der Waals surface area contributed by atoms with Crippen LogP contribution in [0.25, 0.3) is 0 Å². The number of ether oxygens (including phenoxy) is 1. The molecule has 0 spiro atoms. The molecule has 122 valence electrons. The first-order chi connectivity index (χ1) is 11.2. The molecule has 1 aliphatic heterocycles. The highest BCUT2D eigenvalue weighted by Crippen LogP contribution is 2.24. The molecule has 1 atom stereocenters. The number of carbonyl (C=O) groups excluding carboxylic acids is 1. The quantitative estimate of drug-likeness (QED) is 0.915. The van der Waals surface area contributed by atoms with Gasteiger partial charge in [0.1, 0.15) is 6.10 Å². The van der Waals surface area contributed by atoms with Crippen molar-refractivity contribution in [2.24, 2.45) is 0 Å². The minimum Gasteiger partial charge on any atom is -0.370 e. The summed E-state index contributed by atoms with van der Waals surface area (Å²) < 4.78 is 5.68. The average molecular weight is 331 g/mol. The van der Waals surface area contributed by atoms with Gasteiger partial charge in [0.15, 0.2) is 5.82 Å². The molecule has 5 nitrogen and oxygen atoms in total. The highest BCUT2D eigenvalue weighted by Gasteiger charge is 2.18. The lowest BCUT2D eigenvalue weighted by atomic mass is 10.1. The van der Waals surface area contributed by atoms with Crippen LogP contribution in [0.4, 0.5) is 0 Å². The fourth-order valence-corrected chi connectivity index (χ4v) is 3.46. The Morgan fingerprint density at radius 1 is 1.35 bits per heavy atom. The van der Waals surface area contributed by atoms with Gasteiger partial charge in [-0.05, 0) is 38.3 Å². The zero-order valence-corrected chi connectivity index (χ0v) is 14.1. The van der Waals surface area contributed by atoms with E-state index in [2.05, 4.69) is 15.3 Å². The summed E-state index contributed by atoms with van der Waals surface area (Å²) in [5.74, 6) is 0.764. The van der Waals surface area contributed by atoms with E-state index >= 15 is 0 Å².